The number of nitrogens with two attached hydrogens (primary N) is 1. The lowest BCUT2D eigenvalue weighted by molar-refractivity contribution is -0.385. The Morgan fingerprint density at radius 3 is 2.70 bits per heavy atom. The van der Waals surface area contributed by atoms with Crippen LogP contribution in [-0.4, -0.2) is 28.4 Å². The number of nitro groups is 1. The molecule has 0 aliphatic carbocycles. The van der Waals surface area contributed by atoms with Gasteiger partial charge in [0.15, 0.2) is 0 Å². The second-order valence-corrected chi connectivity index (χ2v) is 5.12. The first-order valence-corrected chi connectivity index (χ1v) is 6.47. The highest BCUT2D eigenvalue weighted by molar-refractivity contribution is 5.95. The molecule has 1 amide bonds. The molecular weight excluding hydrogens is 260 g/mol. The fourth-order valence-corrected chi connectivity index (χ4v) is 1.90. The zero-order chi connectivity index (χ0) is 15.3. The van der Waals surface area contributed by atoms with Crippen LogP contribution < -0.4 is 11.1 Å². The number of nitrogens with one attached hydrogen (secondary N) is 1. The molecule has 0 aliphatic heterocycles. The lowest BCUT2D eigenvalue weighted by atomic mass is 10.0. The fourth-order valence-electron chi connectivity index (χ4n) is 1.90. The van der Waals surface area contributed by atoms with Gasteiger partial charge in [-0.15, -0.1) is 0 Å². The number of carbonyl (C=O) groups excluding carboxylic acids is 1. The van der Waals surface area contributed by atoms with Crippen LogP contribution >= 0.6 is 0 Å². The summed E-state index contributed by atoms with van der Waals surface area (Å²) in [7, 11) is 0. The molecule has 0 aliphatic rings. The van der Waals surface area contributed by atoms with Crippen LogP contribution in [0.1, 0.15) is 36.3 Å². The van der Waals surface area contributed by atoms with Gasteiger partial charge in [-0.05, 0) is 19.3 Å². The molecule has 1 atom stereocenters. The molecule has 0 saturated carbocycles. The first kappa shape index (κ1) is 16.0. The van der Waals surface area contributed by atoms with Gasteiger partial charge in [0.1, 0.15) is 6.20 Å². The summed E-state index contributed by atoms with van der Waals surface area (Å²) in [5, 5.41) is 13.5. The molecule has 0 aromatic carbocycles. The molecule has 0 bridgehead atoms. The molecule has 1 rings (SSSR count). The van der Waals surface area contributed by atoms with Gasteiger partial charge in [0.25, 0.3) is 11.6 Å². The third-order valence-corrected chi connectivity index (χ3v) is 2.90. The normalized spacial score (nSPS) is 12.2. The standard InChI is InChI=1S/C13H20N4O3/c1-8(2)4-10(6-14)16-13(18)12-5-11(17(19)20)7-15-9(12)3/h5,7-8,10H,4,6,14H2,1-3H3,(H,16,18). The molecule has 20 heavy (non-hydrogen) atoms. The van der Waals surface area contributed by atoms with Crippen molar-refractivity contribution in [3.63, 3.8) is 0 Å². The van der Waals surface area contributed by atoms with Crippen LogP contribution in [0, 0.1) is 23.0 Å². The number of pyridine rings is 1. The molecular formula is C13H20N4O3. The predicted molar refractivity (Wildman–Crippen MR) is 75.4 cm³/mol. The van der Waals surface area contributed by atoms with Gasteiger partial charge in [-0.1, -0.05) is 13.8 Å². The average Bonchev–Trinajstić information content (AvgIpc) is 2.37. The van der Waals surface area contributed by atoms with Crippen LogP contribution in [0.2, 0.25) is 0 Å². The molecule has 0 fully saturated rings. The van der Waals surface area contributed by atoms with E-state index in [4.69, 9.17) is 5.73 Å². The van der Waals surface area contributed by atoms with E-state index in [1.807, 2.05) is 13.8 Å². The second-order valence-electron chi connectivity index (χ2n) is 5.12. The molecule has 1 unspecified atom stereocenters. The van der Waals surface area contributed by atoms with Gasteiger partial charge in [-0.2, -0.15) is 0 Å². The summed E-state index contributed by atoms with van der Waals surface area (Å²) < 4.78 is 0. The zero-order valence-corrected chi connectivity index (χ0v) is 11.9. The highest BCUT2D eigenvalue weighted by Gasteiger charge is 2.19. The van der Waals surface area contributed by atoms with Crippen LogP contribution in [-0.2, 0) is 0 Å². The van der Waals surface area contributed by atoms with Crippen LogP contribution in [0.4, 0.5) is 5.69 Å². The van der Waals surface area contributed by atoms with E-state index in [-0.39, 0.29) is 23.2 Å². The van der Waals surface area contributed by atoms with Crippen molar-refractivity contribution >= 4 is 11.6 Å². The quantitative estimate of drug-likeness (QED) is 0.604. The van der Waals surface area contributed by atoms with Crippen LogP contribution in [0.25, 0.3) is 0 Å². The Morgan fingerprint density at radius 1 is 1.55 bits per heavy atom. The molecule has 7 nitrogen and oxygen atoms in total. The average molecular weight is 280 g/mol. The fraction of sp³-hybridized carbons (Fsp3) is 0.538. The van der Waals surface area contributed by atoms with Crippen molar-refractivity contribution in [1.82, 2.24) is 10.3 Å². The third kappa shape index (κ3) is 4.27. The number of amides is 1. The molecule has 1 heterocycles. The van der Waals surface area contributed by atoms with Crippen molar-refractivity contribution in [1.29, 1.82) is 0 Å². The van der Waals surface area contributed by atoms with Gasteiger partial charge >= 0.3 is 0 Å². The molecule has 7 heteroatoms. The SMILES string of the molecule is Cc1ncc([N+](=O)[O-])cc1C(=O)NC(CN)CC(C)C. The first-order chi connectivity index (χ1) is 9.35. The zero-order valence-electron chi connectivity index (χ0n) is 11.9. The van der Waals surface area contributed by atoms with Crippen molar-refractivity contribution in [2.75, 3.05) is 6.54 Å². The molecule has 0 saturated heterocycles. The molecule has 0 radical (unpaired) electrons. The molecule has 110 valence electrons. The van der Waals surface area contributed by atoms with Crippen LogP contribution in [0.15, 0.2) is 12.3 Å². The summed E-state index contributed by atoms with van der Waals surface area (Å²) >= 11 is 0. The smallest absolute Gasteiger partial charge is 0.288 e. The first-order valence-electron chi connectivity index (χ1n) is 6.47. The minimum absolute atomic E-state index is 0.152. The number of aromatic nitrogens is 1. The highest BCUT2D eigenvalue weighted by Crippen LogP contribution is 2.15. The van der Waals surface area contributed by atoms with E-state index in [2.05, 4.69) is 10.3 Å². The van der Waals surface area contributed by atoms with Gasteiger partial charge in [-0.25, -0.2) is 0 Å². The van der Waals surface area contributed by atoms with E-state index in [0.29, 0.717) is 18.2 Å². The summed E-state index contributed by atoms with van der Waals surface area (Å²) in [6.45, 7) is 6.04. The summed E-state index contributed by atoms with van der Waals surface area (Å²) in [6, 6.07) is 1.09. The van der Waals surface area contributed by atoms with Crippen LogP contribution in [0.3, 0.4) is 0 Å². The minimum Gasteiger partial charge on any atom is -0.348 e. The maximum Gasteiger partial charge on any atom is 0.288 e. The molecule has 1 aromatic heterocycles. The number of hydrogen-bond donors (Lipinski definition) is 2. The summed E-state index contributed by atoms with van der Waals surface area (Å²) in [5.41, 5.74) is 6.09. The largest absolute Gasteiger partial charge is 0.348 e. The van der Waals surface area contributed by atoms with Crippen molar-refractivity contribution in [3.8, 4) is 0 Å². The number of aryl methyl sites for hydroxylation is 1. The van der Waals surface area contributed by atoms with E-state index in [1.165, 1.54) is 6.07 Å². The van der Waals surface area contributed by atoms with Crippen molar-refractivity contribution in [2.45, 2.75) is 33.2 Å². The van der Waals surface area contributed by atoms with E-state index < -0.39 is 4.92 Å². The maximum absolute atomic E-state index is 12.2. The predicted octanol–water partition coefficient (Wildman–Crippen LogP) is 1.40. The number of carbonyl (C=O) groups is 1. The number of nitrogens with zero attached hydrogens (tertiary/aromatic N) is 2. The number of hydrogen-bond acceptors (Lipinski definition) is 5. The molecule has 1 aromatic rings. The van der Waals surface area contributed by atoms with Crippen LogP contribution in [0.5, 0.6) is 0 Å². The van der Waals surface area contributed by atoms with E-state index in [9.17, 15) is 14.9 Å². The van der Waals surface area contributed by atoms with Crippen molar-refractivity contribution < 1.29 is 9.72 Å². The Labute approximate surface area is 117 Å². The second kappa shape index (κ2) is 6.95. The van der Waals surface area contributed by atoms with Gasteiger partial charge in [0.2, 0.25) is 0 Å². The van der Waals surface area contributed by atoms with Crippen molar-refractivity contribution in [3.05, 3.63) is 33.6 Å². The monoisotopic (exact) mass is 280 g/mol. The Kier molecular flexibility index (Phi) is 5.57. The topological polar surface area (TPSA) is 111 Å². The lowest BCUT2D eigenvalue weighted by Crippen LogP contribution is -2.41. The molecule has 0 spiro atoms. The maximum atomic E-state index is 12.2. The van der Waals surface area contributed by atoms with E-state index >= 15 is 0 Å². The Balaban J connectivity index is 2.91. The van der Waals surface area contributed by atoms with E-state index in [1.54, 1.807) is 6.92 Å². The molecule has 3 N–H and O–H groups in total. The third-order valence-electron chi connectivity index (χ3n) is 2.90. The lowest BCUT2D eigenvalue weighted by Gasteiger charge is -2.19. The Hall–Kier alpha value is -2.02. The summed E-state index contributed by atoms with van der Waals surface area (Å²) in [4.78, 5) is 26.2. The van der Waals surface area contributed by atoms with Gasteiger partial charge in [-0.3, -0.25) is 19.9 Å². The summed E-state index contributed by atoms with van der Waals surface area (Å²) in [5.74, 6) is 0.0166. The van der Waals surface area contributed by atoms with Crippen molar-refractivity contribution in [2.24, 2.45) is 11.7 Å². The Bertz CT molecular complexity index is 502. The summed E-state index contributed by atoms with van der Waals surface area (Å²) in [6.07, 6.45) is 1.89. The van der Waals surface area contributed by atoms with E-state index in [0.717, 1.165) is 12.6 Å². The van der Waals surface area contributed by atoms with Gasteiger partial charge in [0, 0.05) is 18.7 Å². The Morgan fingerprint density at radius 2 is 2.20 bits per heavy atom. The highest BCUT2D eigenvalue weighted by atomic mass is 16.6. The number of rotatable bonds is 6. The van der Waals surface area contributed by atoms with Gasteiger partial charge in [0.05, 0.1) is 16.2 Å². The minimum atomic E-state index is -0.572. The van der Waals surface area contributed by atoms with Gasteiger partial charge < -0.3 is 11.1 Å².